The molecule has 1 unspecified atom stereocenters. The van der Waals surface area contributed by atoms with E-state index in [0.29, 0.717) is 23.9 Å². The fourth-order valence-corrected chi connectivity index (χ4v) is 3.38. The average Bonchev–Trinajstić information content (AvgIpc) is 3.24. The number of aromatic nitrogens is 3. The Hall–Kier alpha value is -3.87. The van der Waals surface area contributed by atoms with Crippen molar-refractivity contribution in [2.75, 3.05) is 6.61 Å². The molecule has 2 aromatic heterocycles. The summed E-state index contributed by atoms with van der Waals surface area (Å²) in [6.45, 7) is 4.35. The maximum atomic E-state index is 12.7. The van der Waals surface area contributed by atoms with E-state index in [1.807, 2.05) is 91.2 Å². The molecule has 0 fully saturated rings. The second-order valence-corrected chi connectivity index (χ2v) is 7.79. The number of rotatable bonds is 9. The molecule has 0 radical (unpaired) electrons. The zero-order chi connectivity index (χ0) is 22.3. The number of carbonyl (C=O) groups excluding carboxylic acids is 1. The van der Waals surface area contributed by atoms with Gasteiger partial charge in [0.2, 0.25) is 0 Å². The molecule has 1 atom stereocenters. The minimum Gasteiger partial charge on any atom is -0.485 e. The highest BCUT2D eigenvalue weighted by Gasteiger charge is 2.24. The van der Waals surface area contributed by atoms with Gasteiger partial charge in [0, 0.05) is 6.20 Å². The normalized spacial score (nSPS) is 12.0. The smallest absolute Gasteiger partial charge is 0.258 e. The van der Waals surface area contributed by atoms with E-state index < -0.39 is 0 Å². The fraction of sp³-hybridized carbons (Fsp3) is 0.240. The standard InChI is InChI=1S/C25H26N4O3/c1-18(2)24(25-28-27-22-14-8-9-15-29(22)25)26-23(30)17-32-21-13-7-6-12-20(21)31-16-19-10-4-3-5-11-19/h3-15,18,24H,16-17H2,1-2H3,(H,26,30). The molecular formula is C25H26N4O3. The molecule has 164 valence electrons. The molecule has 2 aromatic carbocycles. The van der Waals surface area contributed by atoms with Crippen molar-refractivity contribution in [1.29, 1.82) is 0 Å². The average molecular weight is 431 g/mol. The van der Waals surface area contributed by atoms with Gasteiger partial charge in [0.25, 0.3) is 5.91 Å². The zero-order valence-corrected chi connectivity index (χ0v) is 18.1. The quantitative estimate of drug-likeness (QED) is 0.431. The van der Waals surface area contributed by atoms with Crippen molar-refractivity contribution >= 4 is 11.6 Å². The van der Waals surface area contributed by atoms with Crippen LogP contribution in [0.4, 0.5) is 0 Å². The summed E-state index contributed by atoms with van der Waals surface area (Å²) in [5.41, 5.74) is 1.79. The summed E-state index contributed by atoms with van der Waals surface area (Å²) in [5, 5.41) is 11.5. The van der Waals surface area contributed by atoms with E-state index in [0.717, 1.165) is 11.2 Å². The van der Waals surface area contributed by atoms with E-state index in [-0.39, 0.29) is 24.5 Å². The summed E-state index contributed by atoms with van der Waals surface area (Å²) < 4.78 is 13.6. The Morgan fingerprint density at radius 1 is 0.906 bits per heavy atom. The van der Waals surface area contributed by atoms with E-state index in [4.69, 9.17) is 9.47 Å². The number of fused-ring (bicyclic) bond motifs is 1. The summed E-state index contributed by atoms with van der Waals surface area (Å²) in [7, 11) is 0. The summed E-state index contributed by atoms with van der Waals surface area (Å²) in [6.07, 6.45) is 1.89. The van der Waals surface area contributed by atoms with Gasteiger partial charge in [-0.05, 0) is 35.7 Å². The van der Waals surface area contributed by atoms with Gasteiger partial charge in [-0.1, -0.05) is 62.4 Å². The van der Waals surface area contributed by atoms with Gasteiger partial charge in [-0.2, -0.15) is 0 Å². The Morgan fingerprint density at radius 2 is 1.59 bits per heavy atom. The lowest BCUT2D eigenvalue weighted by atomic mass is 10.0. The lowest BCUT2D eigenvalue weighted by Crippen LogP contribution is -2.36. The van der Waals surface area contributed by atoms with Crippen molar-refractivity contribution in [3.63, 3.8) is 0 Å². The second-order valence-electron chi connectivity index (χ2n) is 7.79. The molecule has 1 amide bonds. The first-order chi connectivity index (χ1) is 15.6. The Kier molecular flexibility index (Phi) is 6.65. The van der Waals surface area contributed by atoms with Gasteiger partial charge in [0.1, 0.15) is 6.61 Å². The highest BCUT2D eigenvalue weighted by Crippen LogP contribution is 2.27. The topological polar surface area (TPSA) is 77.8 Å². The number of pyridine rings is 1. The van der Waals surface area contributed by atoms with E-state index in [2.05, 4.69) is 15.5 Å². The maximum Gasteiger partial charge on any atom is 0.258 e. The Labute approximate surface area is 187 Å². The molecule has 32 heavy (non-hydrogen) atoms. The van der Waals surface area contributed by atoms with E-state index in [1.54, 1.807) is 6.07 Å². The third-order valence-corrected chi connectivity index (χ3v) is 5.05. The van der Waals surface area contributed by atoms with Crippen molar-refractivity contribution in [3.05, 3.63) is 90.4 Å². The SMILES string of the molecule is CC(C)C(NC(=O)COc1ccccc1OCc1ccccc1)c1nnc2ccccn12. The summed E-state index contributed by atoms with van der Waals surface area (Å²) >= 11 is 0. The Bertz CT molecular complexity index is 1170. The predicted molar refractivity (Wildman–Crippen MR) is 121 cm³/mol. The van der Waals surface area contributed by atoms with Crippen molar-refractivity contribution in [2.24, 2.45) is 5.92 Å². The first-order valence-electron chi connectivity index (χ1n) is 10.6. The van der Waals surface area contributed by atoms with Crippen LogP contribution >= 0.6 is 0 Å². The molecular weight excluding hydrogens is 404 g/mol. The van der Waals surface area contributed by atoms with Crippen LogP contribution in [0.1, 0.15) is 31.3 Å². The lowest BCUT2D eigenvalue weighted by molar-refractivity contribution is -0.124. The molecule has 0 saturated carbocycles. The van der Waals surface area contributed by atoms with Crippen LogP contribution in [0.5, 0.6) is 11.5 Å². The van der Waals surface area contributed by atoms with Crippen LogP contribution in [0.2, 0.25) is 0 Å². The Morgan fingerprint density at radius 3 is 2.34 bits per heavy atom. The zero-order valence-electron chi connectivity index (χ0n) is 18.1. The molecule has 0 aliphatic carbocycles. The Balaban J connectivity index is 1.40. The molecule has 4 aromatic rings. The number of nitrogens with zero attached hydrogens (tertiary/aromatic N) is 3. The number of hydrogen-bond donors (Lipinski definition) is 1. The summed E-state index contributed by atoms with van der Waals surface area (Å²) in [4.78, 5) is 12.7. The molecule has 7 nitrogen and oxygen atoms in total. The third kappa shape index (κ3) is 5.06. The van der Waals surface area contributed by atoms with Crippen molar-refractivity contribution in [1.82, 2.24) is 19.9 Å². The molecule has 0 aliphatic heterocycles. The molecule has 2 heterocycles. The van der Waals surface area contributed by atoms with Gasteiger partial charge in [-0.25, -0.2) is 0 Å². The number of para-hydroxylation sites is 2. The number of carbonyl (C=O) groups is 1. The van der Waals surface area contributed by atoms with Crippen LogP contribution < -0.4 is 14.8 Å². The largest absolute Gasteiger partial charge is 0.485 e. The third-order valence-electron chi connectivity index (χ3n) is 5.05. The fourth-order valence-electron chi connectivity index (χ4n) is 3.38. The summed E-state index contributed by atoms with van der Waals surface area (Å²) in [5.74, 6) is 1.68. The molecule has 7 heteroatoms. The van der Waals surface area contributed by atoms with Gasteiger partial charge in [-0.15, -0.1) is 10.2 Å². The monoisotopic (exact) mass is 430 g/mol. The van der Waals surface area contributed by atoms with E-state index >= 15 is 0 Å². The minimum atomic E-state index is -0.298. The molecule has 0 saturated heterocycles. The van der Waals surface area contributed by atoms with Gasteiger partial charge in [0.15, 0.2) is 29.6 Å². The van der Waals surface area contributed by atoms with Crippen molar-refractivity contribution in [3.8, 4) is 11.5 Å². The van der Waals surface area contributed by atoms with Gasteiger partial charge >= 0.3 is 0 Å². The van der Waals surface area contributed by atoms with E-state index in [1.165, 1.54) is 0 Å². The number of amides is 1. The first-order valence-corrected chi connectivity index (χ1v) is 10.6. The first kappa shape index (κ1) is 21.4. The van der Waals surface area contributed by atoms with Crippen molar-refractivity contribution < 1.29 is 14.3 Å². The molecule has 1 N–H and O–H groups in total. The van der Waals surface area contributed by atoms with Crippen LogP contribution in [0, 0.1) is 5.92 Å². The highest BCUT2D eigenvalue weighted by molar-refractivity contribution is 5.78. The van der Waals surface area contributed by atoms with Crippen LogP contribution in [-0.4, -0.2) is 27.1 Å². The molecule has 4 rings (SSSR count). The predicted octanol–water partition coefficient (Wildman–Crippen LogP) is 4.20. The van der Waals surface area contributed by atoms with E-state index in [9.17, 15) is 4.79 Å². The van der Waals surface area contributed by atoms with Gasteiger partial charge < -0.3 is 14.8 Å². The van der Waals surface area contributed by atoms with Crippen LogP contribution in [0.25, 0.3) is 5.65 Å². The number of benzene rings is 2. The van der Waals surface area contributed by atoms with Gasteiger partial charge in [0.05, 0.1) is 6.04 Å². The molecule has 0 bridgehead atoms. The number of ether oxygens (including phenoxy) is 2. The highest BCUT2D eigenvalue weighted by atomic mass is 16.5. The second kappa shape index (κ2) is 9.96. The number of nitrogens with one attached hydrogen (secondary N) is 1. The molecule has 0 spiro atoms. The number of hydrogen-bond acceptors (Lipinski definition) is 5. The summed E-state index contributed by atoms with van der Waals surface area (Å²) in [6, 6.07) is 22.6. The van der Waals surface area contributed by atoms with Gasteiger partial charge in [-0.3, -0.25) is 9.20 Å². The lowest BCUT2D eigenvalue weighted by Gasteiger charge is -2.21. The molecule has 0 aliphatic rings. The van der Waals surface area contributed by atoms with Crippen LogP contribution in [0.3, 0.4) is 0 Å². The van der Waals surface area contributed by atoms with Crippen LogP contribution in [0.15, 0.2) is 79.0 Å². The maximum absolute atomic E-state index is 12.7. The minimum absolute atomic E-state index is 0.119. The van der Waals surface area contributed by atoms with Crippen LogP contribution in [-0.2, 0) is 11.4 Å². The van der Waals surface area contributed by atoms with Crippen molar-refractivity contribution in [2.45, 2.75) is 26.5 Å².